The summed E-state index contributed by atoms with van der Waals surface area (Å²) in [5, 5.41) is 3.49. The standard InChI is InChI=1S/C28H30ClN5O4S/c1-17(23(35)30-15-18-8-6-5-7-9-18)33(2)27-31-22-24(39-27)32-26(28(29)12-13-28)34(25(22)36)16-19-10-11-20(37-3)14-21(19)38-4/h5-11,14,17H,12-13,15-16H2,1-4H3,(H,30,35)/t17-/m1/s1. The lowest BCUT2D eigenvalue weighted by molar-refractivity contribution is -0.122. The Morgan fingerprint density at radius 3 is 2.59 bits per heavy atom. The number of likely N-dealkylation sites (N-methyl/N-ethyl adjacent to an activating group) is 1. The first-order valence-electron chi connectivity index (χ1n) is 12.6. The van der Waals surface area contributed by atoms with Gasteiger partial charge in [-0.1, -0.05) is 41.7 Å². The predicted octanol–water partition coefficient (Wildman–Crippen LogP) is 4.29. The van der Waals surface area contributed by atoms with Gasteiger partial charge in [0.15, 0.2) is 15.5 Å². The number of alkyl halides is 1. The molecule has 39 heavy (non-hydrogen) atoms. The number of halogens is 1. The highest BCUT2D eigenvalue weighted by molar-refractivity contribution is 7.21. The molecule has 0 spiro atoms. The summed E-state index contributed by atoms with van der Waals surface area (Å²) in [6.45, 7) is 2.46. The van der Waals surface area contributed by atoms with Gasteiger partial charge in [0.2, 0.25) is 5.91 Å². The Morgan fingerprint density at radius 2 is 1.92 bits per heavy atom. The van der Waals surface area contributed by atoms with Gasteiger partial charge in [-0.05, 0) is 37.5 Å². The third-order valence-electron chi connectivity index (χ3n) is 6.99. The van der Waals surface area contributed by atoms with E-state index in [9.17, 15) is 9.59 Å². The van der Waals surface area contributed by atoms with Gasteiger partial charge in [0.05, 0.1) is 20.8 Å². The second-order valence-corrected chi connectivity index (χ2v) is 11.3. The molecule has 4 aromatic rings. The summed E-state index contributed by atoms with van der Waals surface area (Å²) in [5.74, 6) is 1.63. The molecule has 2 heterocycles. The summed E-state index contributed by atoms with van der Waals surface area (Å²) in [6, 6.07) is 14.7. The van der Waals surface area contributed by atoms with E-state index in [1.807, 2.05) is 42.5 Å². The molecule has 1 aliphatic carbocycles. The van der Waals surface area contributed by atoms with Gasteiger partial charge >= 0.3 is 0 Å². The van der Waals surface area contributed by atoms with Crippen molar-refractivity contribution in [1.29, 1.82) is 0 Å². The first-order chi connectivity index (χ1) is 18.7. The summed E-state index contributed by atoms with van der Waals surface area (Å²) in [6.07, 6.45) is 1.47. The van der Waals surface area contributed by atoms with E-state index in [0.29, 0.717) is 33.8 Å². The molecule has 1 N–H and O–H groups in total. The number of anilines is 1. The van der Waals surface area contributed by atoms with E-state index in [-0.39, 0.29) is 23.5 Å². The minimum atomic E-state index is -0.687. The maximum absolute atomic E-state index is 13.8. The van der Waals surface area contributed by atoms with Gasteiger partial charge < -0.3 is 19.7 Å². The first kappa shape index (κ1) is 27.0. The average Bonchev–Trinajstić information content (AvgIpc) is 3.56. The molecule has 1 amide bonds. The molecule has 5 rings (SSSR count). The predicted molar refractivity (Wildman–Crippen MR) is 153 cm³/mol. The number of nitrogens with one attached hydrogen (secondary N) is 1. The van der Waals surface area contributed by atoms with Crippen molar-refractivity contribution in [3.05, 3.63) is 75.8 Å². The zero-order chi connectivity index (χ0) is 27.7. The summed E-state index contributed by atoms with van der Waals surface area (Å²) in [7, 11) is 4.95. The summed E-state index contributed by atoms with van der Waals surface area (Å²) >= 11 is 8.10. The molecule has 2 aromatic heterocycles. The number of ether oxygens (including phenoxy) is 2. The van der Waals surface area contributed by atoms with E-state index >= 15 is 0 Å². The normalized spacial score (nSPS) is 14.6. The van der Waals surface area contributed by atoms with Crippen molar-refractivity contribution in [2.75, 3.05) is 26.2 Å². The Labute approximate surface area is 235 Å². The summed E-state index contributed by atoms with van der Waals surface area (Å²) in [5.41, 5.74) is 1.77. The average molecular weight is 568 g/mol. The number of fused-ring (bicyclic) bond motifs is 1. The van der Waals surface area contributed by atoms with Crippen LogP contribution in [0.5, 0.6) is 11.5 Å². The van der Waals surface area contributed by atoms with Gasteiger partial charge in [0.1, 0.15) is 28.2 Å². The zero-order valence-electron chi connectivity index (χ0n) is 22.2. The third-order valence-corrected chi connectivity index (χ3v) is 8.58. The molecule has 0 aliphatic heterocycles. The molecular weight excluding hydrogens is 538 g/mol. The van der Waals surface area contributed by atoms with Crippen LogP contribution in [0.4, 0.5) is 5.13 Å². The lowest BCUT2D eigenvalue weighted by Crippen LogP contribution is -2.43. The quantitative estimate of drug-likeness (QED) is 0.285. The van der Waals surface area contributed by atoms with Gasteiger partial charge in [-0.2, -0.15) is 0 Å². The Balaban J connectivity index is 1.45. The molecule has 1 saturated carbocycles. The van der Waals surface area contributed by atoms with Crippen LogP contribution in [-0.2, 0) is 22.8 Å². The molecule has 0 bridgehead atoms. The fourth-order valence-corrected chi connectivity index (χ4v) is 5.51. The van der Waals surface area contributed by atoms with E-state index in [4.69, 9.17) is 26.1 Å². The fourth-order valence-electron chi connectivity index (χ4n) is 4.30. The number of carbonyl (C=O) groups is 1. The summed E-state index contributed by atoms with van der Waals surface area (Å²) < 4.78 is 12.4. The molecule has 1 aliphatic rings. The highest BCUT2D eigenvalue weighted by atomic mass is 35.5. The van der Waals surface area contributed by atoms with Crippen molar-refractivity contribution in [3.63, 3.8) is 0 Å². The van der Waals surface area contributed by atoms with Gasteiger partial charge in [-0.25, -0.2) is 9.97 Å². The second kappa shape index (κ2) is 10.9. The first-order valence-corrected chi connectivity index (χ1v) is 13.8. The molecule has 9 nitrogen and oxygen atoms in total. The minimum Gasteiger partial charge on any atom is -0.497 e. The SMILES string of the molecule is COc1ccc(Cn2c(C3(Cl)CC3)nc3sc(N(C)[C@H](C)C(=O)NCc4ccccc4)nc3c2=O)c(OC)c1. The van der Waals surface area contributed by atoms with Crippen LogP contribution in [-0.4, -0.2) is 47.8 Å². The topological polar surface area (TPSA) is 98.6 Å². The molecule has 1 fully saturated rings. The van der Waals surface area contributed by atoms with Crippen molar-refractivity contribution >= 4 is 44.3 Å². The number of methoxy groups -OCH3 is 2. The molecule has 2 aromatic carbocycles. The van der Waals surface area contributed by atoms with Crippen LogP contribution in [0.15, 0.2) is 53.3 Å². The van der Waals surface area contributed by atoms with Gasteiger partial charge in [0, 0.05) is 25.2 Å². The van der Waals surface area contributed by atoms with Gasteiger partial charge in [-0.15, -0.1) is 11.6 Å². The van der Waals surface area contributed by atoms with Crippen LogP contribution in [0.25, 0.3) is 10.3 Å². The molecule has 0 unspecified atom stereocenters. The smallest absolute Gasteiger partial charge is 0.281 e. The van der Waals surface area contributed by atoms with Crippen LogP contribution >= 0.6 is 22.9 Å². The Bertz CT molecular complexity index is 1570. The maximum Gasteiger partial charge on any atom is 0.281 e. The zero-order valence-corrected chi connectivity index (χ0v) is 23.8. The molecule has 11 heteroatoms. The van der Waals surface area contributed by atoms with Gasteiger partial charge in [0.25, 0.3) is 5.56 Å². The number of hydrogen-bond acceptors (Lipinski definition) is 8. The van der Waals surface area contributed by atoms with E-state index in [1.54, 1.807) is 43.7 Å². The van der Waals surface area contributed by atoms with Gasteiger partial charge in [-0.3, -0.25) is 14.2 Å². The molecule has 0 saturated heterocycles. The number of rotatable bonds is 10. The van der Waals surface area contributed by atoms with E-state index in [1.165, 1.54) is 11.3 Å². The van der Waals surface area contributed by atoms with E-state index in [0.717, 1.165) is 24.0 Å². The number of hydrogen-bond donors (Lipinski definition) is 1. The largest absolute Gasteiger partial charge is 0.497 e. The molecule has 0 radical (unpaired) electrons. The fraction of sp³-hybridized carbons (Fsp3) is 0.357. The van der Waals surface area contributed by atoms with E-state index < -0.39 is 10.9 Å². The van der Waals surface area contributed by atoms with E-state index in [2.05, 4.69) is 10.3 Å². The Hall–Kier alpha value is -3.63. The highest BCUT2D eigenvalue weighted by Gasteiger charge is 2.47. The maximum atomic E-state index is 13.8. The monoisotopic (exact) mass is 567 g/mol. The Kier molecular flexibility index (Phi) is 7.51. The van der Waals surface area contributed by atoms with Crippen molar-refractivity contribution in [1.82, 2.24) is 19.9 Å². The number of aromatic nitrogens is 3. The van der Waals surface area contributed by atoms with Crippen molar-refractivity contribution < 1.29 is 14.3 Å². The number of benzene rings is 2. The molecular formula is C28H30ClN5O4S. The molecule has 1 atom stereocenters. The van der Waals surface area contributed by atoms with Crippen LogP contribution in [0, 0.1) is 0 Å². The van der Waals surface area contributed by atoms with Crippen LogP contribution in [0.1, 0.15) is 36.7 Å². The number of nitrogens with zero attached hydrogens (tertiary/aromatic N) is 4. The number of amides is 1. The Morgan fingerprint density at radius 1 is 1.18 bits per heavy atom. The van der Waals surface area contributed by atoms with Crippen LogP contribution in [0.3, 0.4) is 0 Å². The lowest BCUT2D eigenvalue weighted by Gasteiger charge is -2.23. The second-order valence-electron chi connectivity index (χ2n) is 9.61. The van der Waals surface area contributed by atoms with Crippen molar-refractivity contribution in [3.8, 4) is 11.5 Å². The number of carbonyl (C=O) groups excluding carboxylic acids is 1. The molecule has 204 valence electrons. The summed E-state index contributed by atoms with van der Waals surface area (Å²) in [4.78, 5) is 37.7. The van der Waals surface area contributed by atoms with Crippen LogP contribution in [0.2, 0.25) is 0 Å². The van der Waals surface area contributed by atoms with Crippen molar-refractivity contribution in [2.24, 2.45) is 0 Å². The third kappa shape index (κ3) is 5.44. The lowest BCUT2D eigenvalue weighted by atomic mass is 10.1. The number of thiazole rings is 1. The minimum absolute atomic E-state index is 0.143. The van der Waals surface area contributed by atoms with Crippen LogP contribution < -0.4 is 25.2 Å². The highest BCUT2D eigenvalue weighted by Crippen LogP contribution is 2.51. The van der Waals surface area contributed by atoms with Crippen molar-refractivity contribution in [2.45, 2.75) is 43.8 Å².